The van der Waals surface area contributed by atoms with E-state index in [9.17, 15) is 4.79 Å². The van der Waals surface area contributed by atoms with E-state index in [1.54, 1.807) is 17.9 Å². The number of carbonyl (C=O) groups is 1. The van der Waals surface area contributed by atoms with Gasteiger partial charge in [-0.25, -0.2) is 4.79 Å². The summed E-state index contributed by atoms with van der Waals surface area (Å²) in [4.78, 5) is 14.2. The molecule has 1 N–H and O–H groups in total. The van der Waals surface area contributed by atoms with Crippen LogP contribution in [0.4, 0.5) is 10.6 Å². The molecule has 0 radical (unpaired) electrons. The molecule has 1 saturated heterocycles. The average molecular weight is 305 g/mol. The maximum atomic E-state index is 12.5. The van der Waals surface area contributed by atoms with E-state index in [-0.39, 0.29) is 12.1 Å². The summed E-state index contributed by atoms with van der Waals surface area (Å²) in [5, 5.41) is 6.52. The zero-order valence-corrected chi connectivity index (χ0v) is 12.7. The van der Waals surface area contributed by atoms with Gasteiger partial charge in [0.1, 0.15) is 23.3 Å². The number of nitrogens with zero attached hydrogens (tertiary/aromatic N) is 2. The number of aryl methyl sites for hydroxylation is 2. The molecule has 1 aliphatic rings. The van der Waals surface area contributed by atoms with Crippen molar-refractivity contribution >= 4 is 11.8 Å². The molecule has 3 heterocycles. The quantitative estimate of drug-likeness (QED) is 0.943. The molecule has 2 amide bonds. The van der Waals surface area contributed by atoms with E-state index in [2.05, 4.69) is 10.5 Å². The number of carbonyl (C=O) groups excluding carboxylic acids is 1. The van der Waals surface area contributed by atoms with Crippen molar-refractivity contribution in [2.45, 2.75) is 26.3 Å². The first-order valence-corrected chi connectivity index (χ1v) is 7.34. The summed E-state index contributed by atoms with van der Waals surface area (Å²) >= 11 is 0. The smallest absolute Gasteiger partial charge is 0.323 e. The Labute approximate surface area is 128 Å². The molecule has 7 nitrogen and oxygen atoms in total. The summed E-state index contributed by atoms with van der Waals surface area (Å²) in [6.45, 7) is 5.22. The molecule has 0 saturated carbocycles. The van der Waals surface area contributed by atoms with Crippen molar-refractivity contribution in [3.63, 3.8) is 0 Å². The first-order chi connectivity index (χ1) is 10.7. The van der Waals surface area contributed by atoms with Crippen LogP contribution in [0.3, 0.4) is 0 Å². The van der Waals surface area contributed by atoms with Crippen LogP contribution >= 0.6 is 0 Å². The Morgan fingerprint density at radius 3 is 3.05 bits per heavy atom. The van der Waals surface area contributed by atoms with Crippen LogP contribution in [0, 0.1) is 6.92 Å². The lowest BCUT2D eigenvalue weighted by molar-refractivity contribution is 0.00699. The van der Waals surface area contributed by atoms with E-state index < -0.39 is 0 Å². The molecule has 1 aliphatic heterocycles. The van der Waals surface area contributed by atoms with E-state index in [1.807, 2.05) is 19.1 Å². The summed E-state index contributed by atoms with van der Waals surface area (Å²) in [6.07, 6.45) is 0.817. The fraction of sp³-hybridized carbons (Fsp3) is 0.467. The largest absolute Gasteiger partial charge is 0.464 e. The maximum absolute atomic E-state index is 12.5. The van der Waals surface area contributed by atoms with Gasteiger partial charge in [-0.1, -0.05) is 12.1 Å². The highest BCUT2D eigenvalue weighted by Gasteiger charge is 2.31. The standard InChI is InChI=1S/C15H19N3O4/c1-3-11-4-5-13(21-11)12-9-20-7-6-18(12)15(19)16-14-8-10(2)22-17-14/h4-5,8,12H,3,6-7,9H2,1-2H3,(H,16,17,19)/t12-/m0/s1. The minimum Gasteiger partial charge on any atom is -0.464 e. The van der Waals surface area contributed by atoms with E-state index in [1.165, 1.54) is 0 Å². The van der Waals surface area contributed by atoms with Crippen LogP contribution in [0.1, 0.15) is 30.2 Å². The van der Waals surface area contributed by atoms with E-state index in [4.69, 9.17) is 13.7 Å². The van der Waals surface area contributed by atoms with Crippen LogP contribution < -0.4 is 5.32 Å². The Morgan fingerprint density at radius 2 is 2.36 bits per heavy atom. The lowest BCUT2D eigenvalue weighted by Crippen LogP contribution is -2.45. The Hall–Kier alpha value is -2.28. The number of aromatic nitrogens is 1. The highest BCUT2D eigenvalue weighted by molar-refractivity contribution is 5.88. The second kappa shape index (κ2) is 6.23. The molecule has 2 aromatic heterocycles. The predicted octanol–water partition coefficient (Wildman–Crippen LogP) is 2.74. The lowest BCUT2D eigenvalue weighted by atomic mass is 10.2. The highest BCUT2D eigenvalue weighted by atomic mass is 16.5. The number of furan rings is 1. The van der Waals surface area contributed by atoms with Crippen molar-refractivity contribution < 1.29 is 18.5 Å². The minimum atomic E-state index is -0.240. The molecular formula is C15H19N3O4. The molecule has 7 heteroatoms. The van der Waals surface area contributed by atoms with Crippen molar-refractivity contribution in [1.82, 2.24) is 10.1 Å². The predicted molar refractivity (Wildman–Crippen MR) is 78.6 cm³/mol. The molecule has 22 heavy (non-hydrogen) atoms. The summed E-state index contributed by atoms with van der Waals surface area (Å²) < 4.78 is 16.2. The van der Waals surface area contributed by atoms with Crippen molar-refractivity contribution in [1.29, 1.82) is 0 Å². The van der Waals surface area contributed by atoms with Gasteiger partial charge in [-0.15, -0.1) is 0 Å². The Morgan fingerprint density at radius 1 is 1.50 bits per heavy atom. The van der Waals surface area contributed by atoms with Gasteiger partial charge in [-0.05, 0) is 19.1 Å². The highest BCUT2D eigenvalue weighted by Crippen LogP contribution is 2.27. The molecular weight excluding hydrogens is 286 g/mol. The first kappa shape index (κ1) is 14.6. The van der Waals surface area contributed by atoms with Crippen LogP contribution in [0.25, 0.3) is 0 Å². The average Bonchev–Trinajstić information content (AvgIpc) is 3.16. The number of anilines is 1. The van der Waals surface area contributed by atoms with Gasteiger partial charge in [-0.3, -0.25) is 5.32 Å². The number of hydrogen-bond donors (Lipinski definition) is 1. The molecule has 2 aromatic rings. The van der Waals surface area contributed by atoms with Crippen LogP contribution in [0.15, 0.2) is 27.1 Å². The second-order valence-electron chi connectivity index (χ2n) is 5.19. The van der Waals surface area contributed by atoms with Gasteiger partial charge >= 0.3 is 6.03 Å². The summed E-state index contributed by atoms with van der Waals surface area (Å²) in [6, 6.07) is 5.04. The van der Waals surface area contributed by atoms with Gasteiger partial charge in [0.15, 0.2) is 5.82 Å². The first-order valence-electron chi connectivity index (χ1n) is 7.34. The van der Waals surface area contributed by atoms with Gasteiger partial charge in [0.2, 0.25) is 0 Å². The Bertz CT molecular complexity index is 649. The molecule has 1 fully saturated rings. The van der Waals surface area contributed by atoms with Gasteiger partial charge in [0.05, 0.1) is 13.2 Å². The van der Waals surface area contributed by atoms with Gasteiger partial charge in [-0.2, -0.15) is 0 Å². The fourth-order valence-corrected chi connectivity index (χ4v) is 2.45. The van der Waals surface area contributed by atoms with Crippen LogP contribution in [0.5, 0.6) is 0 Å². The van der Waals surface area contributed by atoms with E-state index in [0.29, 0.717) is 31.3 Å². The van der Waals surface area contributed by atoms with E-state index in [0.717, 1.165) is 17.9 Å². The molecule has 0 unspecified atom stereocenters. The van der Waals surface area contributed by atoms with Crippen LogP contribution in [-0.2, 0) is 11.2 Å². The number of rotatable bonds is 3. The SMILES string of the molecule is CCc1ccc([C@@H]2COCCN2C(=O)Nc2cc(C)on2)o1. The topological polar surface area (TPSA) is 80.7 Å². The summed E-state index contributed by atoms with van der Waals surface area (Å²) in [5.74, 6) is 2.69. The molecule has 0 aliphatic carbocycles. The zero-order valence-electron chi connectivity index (χ0n) is 12.7. The molecule has 118 valence electrons. The second-order valence-corrected chi connectivity index (χ2v) is 5.19. The maximum Gasteiger partial charge on any atom is 0.323 e. The van der Waals surface area contributed by atoms with Crippen molar-refractivity contribution in [2.75, 3.05) is 25.1 Å². The molecule has 0 spiro atoms. The summed E-state index contributed by atoms with van der Waals surface area (Å²) in [5.41, 5.74) is 0. The molecule has 1 atom stereocenters. The third-order valence-electron chi connectivity index (χ3n) is 3.61. The fourth-order valence-electron chi connectivity index (χ4n) is 2.45. The number of nitrogens with one attached hydrogen (secondary N) is 1. The lowest BCUT2D eigenvalue weighted by Gasteiger charge is -2.34. The molecule has 0 aromatic carbocycles. The Balaban J connectivity index is 1.75. The number of ether oxygens (including phenoxy) is 1. The molecule has 0 bridgehead atoms. The van der Waals surface area contributed by atoms with Gasteiger partial charge < -0.3 is 18.6 Å². The monoisotopic (exact) mass is 305 g/mol. The molecule has 3 rings (SSSR count). The normalized spacial score (nSPS) is 18.5. The van der Waals surface area contributed by atoms with Gasteiger partial charge in [0.25, 0.3) is 0 Å². The number of amides is 2. The summed E-state index contributed by atoms with van der Waals surface area (Å²) in [7, 11) is 0. The van der Waals surface area contributed by atoms with E-state index >= 15 is 0 Å². The van der Waals surface area contributed by atoms with Gasteiger partial charge in [0, 0.05) is 19.0 Å². The number of hydrogen-bond acceptors (Lipinski definition) is 5. The van der Waals surface area contributed by atoms with Crippen molar-refractivity contribution in [3.8, 4) is 0 Å². The van der Waals surface area contributed by atoms with Crippen molar-refractivity contribution in [3.05, 3.63) is 35.5 Å². The number of urea groups is 1. The third kappa shape index (κ3) is 2.99. The van der Waals surface area contributed by atoms with Crippen molar-refractivity contribution in [2.24, 2.45) is 0 Å². The number of morpholine rings is 1. The van der Waals surface area contributed by atoms with Crippen LogP contribution in [-0.4, -0.2) is 35.8 Å². The Kier molecular flexibility index (Phi) is 4.15. The van der Waals surface area contributed by atoms with Crippen LogP contribution in [0.2, 0.25) is 0 Å². The zero-order chi connectivity index (χ0) is 15.5. The minimum absolute atomic E-state index is 0.234. The third-order valence-corrected chi connectivity index (χ3v) is 3.61.